The second-order valence-electron chi connectivity index (χ2n) is 5.28. The molecule has 1 aliphatic rings. The molecule has 1 aromatic heterocycles. The van der Waals surface area contributed by atoms with E-state index in [0.29, 0.717) is 32.5 Å². The molecule has 0 aliphatic carbocycles. The van der Waals surface area contributed by atoms with Gasteiger partial charge in [-0.05, 0) is 28.8 Å². The second-order valence-corrected chi connectivity index (χ2v) is 6.20. The number of carbonyl (C=O) groups excluding carboxylic acids is 2. The van der Waals surface area contributed by atoms with Crippen molar-refractivity contribution in [2.45, 2.75) is 26.3 Å². The number of nitrogens with two attached hydrogens (primary N) is 1. The standard InChI is InChI=1S/C13H19BrN4O2/c1-9(7-18-8-11(14)6-16-18)13(20)17-4-2-10(3-5-17)12(15)19/h6,8-10H,2-5,7H2,1H3,(H2,15,19). The predicted molar refractivity (Wildman–Crippen MR) is 77.6 cm³/mol. The van der Waals surface area contributed by atoms with E-state index in [2.05, 4.69) is 21.0 Å². The van der Waals surface area contributed by atoms with E-state index in [1.165, 1.54) is 0 Å². The zero-order valence-electron chi connectivity index (χ0n) is 11.5. The Morgan fingerprint density at radius 1 is 1.50 bits per heavy atom. The molecule has 0 spiro atoms. The SMILES string of the molecule is CC(Cn1cc(Br)cn1)C(=O)N1CCC(C(N)=O)CC1. The molecule has 2 heterocycles. The number of halogens is 1. The number of primary amides is 1. The highest BCUT2D eigenvalue weighted by atomic mass is 79.9. The van der Waals surface area contributed by atoms with Crippen molar-refractivity contribution >= 4 is 27.7 Å². The molecule has 6 nitrogen and oxygen atoms in total. The van der Waals surface area contributed by atoms with Gasteiger partial charge >= 0.3 is 0 Å². The lowest BCUT2D eigenvalue weighted by molar-refractivity contribution is -0.138. The van der Waals surface area contributed by atoms with Crippen molar-refractivity contribution in [1.29, 1.82) is 0 Å². The third-order valence-corrected chi connectivity index (χ3v) is 4.10. The lowest BCUT2D eigenvalue weighted by atomic mass is 9.95. The van der Waals surface area contributed by atoms with Gasteiger partial charge in [-0.1, -0.05) is 6.92 Å². The number of nitrogens with zero attached hydrogens (tertiary/aromatic N) is 3. The minimum Gasteiger partial charge on any atom is -0.369 e. The van der Waals surface area contributed by atoms with E-state index in [-0.39, 0.29) is 23.7 Å². The third kappa shape index (κ3) is 3.59. The summed E-state index contributed by atoms with van der Waals surface area (Å²) in [5, 5.41) is 4.16. The molecule has 2 N–H and O–H groups in total. The summed E-state index contributed by atoms with van der Waals surface area (Å²) in [7, 11) is 0. The fourth-order valence-corrected chi connectivity index (χ4v) is 2.82. The van der Waals surface area contributed by atoms with Crippen molar-refractivity contribution in [2.75, 3.05) is 13.1 Å². The second kappa shape index (κ2) is 6.39. The normalized spacial score (nSPS) is 18.0. The number of carbonyl (C=O) groups is 2. The van der Waals surface area contributed by atoms with Crippen LogP contribution in [0.3, 0.4) is 0 Å². The van der Waals surface area contributed by atoms with Crippen LogP contribution in [0.5, 0.6) is 0 Å². The van der Waals surface area contributed by atoms with Crippen molar-refractivity contribution in [2.24, 2.45) is 17.6 Å². The summed E-state index contributed by atoms with van der Waals surface area (Å²) in [6.45, 7) is 3.68. The molecule has 0 radical (unpaired) electrons. The van der Waals surface area contributed by atoms with Crippen molar-refractivity contribution < 1.29 is 9.59 Å². The summed E-state index contributed by atoms with van der Waals surface area (Å²) in [4.78, 5) is 25.3. The Morgan fingerprint density at radius 3 is 2.65 bits per heavy atom. The van der Waals surface area contributed by atoms with Gasteiger partial charge in [0.1, 0.15) is 0 Å². The van der Waals surface area contributed by atoms with Crippen molar-refractivity contribution in [3.05, 3.63) is 16.9 Å². The molecule has 110 valence electrons. The van der Waals surface area contributed by atoms with E-state index in [0.717, 1.165) is 4.47 Å². The van der Waals surface area contributed by atoms with Crippen LogP contribution >= 0.6 is 15.9 Å². The van der Waals surface area contributed by atoms with E-state index in [1.807, 2.05) is 18.0 Å². The molecule has 1 saturated heterocycles. The Balaban J connectivity index is 1.86. The molecular weight excluding hydrogens is 324 g/mol. The summed E-state index contributed by atoms with van der Waals surface area (Å²) in [5.41, 5.74) is 5.29. The maximum absolute atomic E-state index is 12.3. The van der Waals surface area contributed by atoms with Gasteiger partial charge in [-0.25, -0.2) is 0 Å². The highest BCUT2D eigenvalue weighted by Crippen LogP contribution is 2.19. The molecule has 1 atom stereocenters. The van der Waals surface area contributed by atoms with E-state index >= 15 is 0 Å². The van der Waals surface area contributed by atoms with Gasteiger partial charge in [-0.3, -0.25) is 14.3 Å². The van der Waals surface area contributed by atoms with Crippen LogP contribution in [0.2, 0.25) is 0 Å². The Hall–Kier alpha value is -1.37. The molecule has 2 rings (SSSR count). The van der Waals surface area contributed by atoms with Crippen LogP contribution in [-0.4, -0.2) is 39.6 Å². The Morgan fingerprint density at radius 2 is 2.15 bits per heavy atom. The number of rotatable bonds is 4. The topological polar surface area (TPSA) is 81.2 Å². The molecule has 1 fully saturated rings. The molecule has 20 heavy (non-hydrogen) atoms. The molecular formula is C13H19BrN4O2. The van der Waals surface area contributed by atoms with E-state index in [1.54, 1.807) is 10.9 Å². The van der Waals surface area contributed by atoms with Crippen LogP contribution in [0.1, 0.15) is 19.8 Å². The Bertz CT molecular complexity index is 494. The Labute approximate surface area is 126 Å². The van der Waals surface area contributed by atoms with Crippen molar-refractivity contribution in [3.63, 3.8) is 0 Å². The highest BCUT2D eigenvalue weighted by molar-refractivity contribution is 9.10. The zero-order valence-corrected chi connectivity index (χ0v) is 13.0. The minimum absolute atomic E-state index is 0.0866. The smallest absolute Gasteiger partial charge is 0.227 e. The predicted octanol–water partition coefficient (Wildman–Crippen LogP) is 1.01. The number of likely N-dealkylation sites (tertiary alicyclic amines) is 1. The van der Waals surface area contributed by atoms with Gasteiger partial charge in [0.15, 0.2) is 0 Å². The van der Waals surface area contributed by atoms with Crippen LogP contribution in [0.4, 0.5) is 0 Å². The van der Waals surface area contributed by atoms with E-state index in [9.17, 15) is 9.59 Å². The molecule has 0 bridgehead atoms. The number of hydrogen-bond donors (Lipinski definition) is 1. The lowest BCUT2D eigenvalue weighted by Crippen LogP contribution is -2.44. The van der Waals surface area contributed by atoms with Crippen LogP contribution in [0.25, 0.3) is 0 Å². The van der Waals surface area contributed by atoms with Crippen LogP contribution in [0, 0.1) is 11.8 Å². The largest absolute Gasteiger partial charge is 0.369 e. The molecule has 2 amide bonds. The lowest BCUT2D eigenvalue weighted by Gasteiger charge is -2.32. The third-order valence-electron chi connectivity index (χ3n) is 3.69. The number of amides is 2. The fraction of sp³-hybridized carbons (Fsp3) is 0.615. The van der Waals surface area contributed by atoms with Crippen molar-refractivity contribution in [1.82, 2.24) is 14.7 Å². The molecule has 0 saturated carbocycles. The van der Waals surface area contributed by atoms with Gasteiger partial charge in [0, 0.05) is 25.2 Å². The summed E-state index contributed by atoms with van der Waals surface area (Å²) < 4.78 is 2.66. The number of aromatic nitrogens is 2. The van der Waals surface area contributed by atoms with Crippen LogP contribution < -0.4 is 5.73 Å². The van der Waals surface area contributed by atoms with Gasteiger partial charge in [0.2, 0.25) is 11.8 Å². The van der Waals surface area contributed by atoms with Gasteiger partial charge in [0.25, 0.3) is 0 Å². The van der Waals surface area contributed by atoms with Crippen LogP contribution in [-0.2, 0) is 16.1 Å². The zero-order chi connectivity index (χ0) is 14.7. The summed E-state index contributed by atoms with van der Waals surface area (Å²) in [6.07, 6.45) is 4.89. The first kappa shape index (κ1) is 15.0. The summed E-state index contributed by atoms with van der Waals surface area (Å²) in [6, 6.07) is 0. The fourth-order valence-electron chi connectivity index (χ4n) is 2.49. The summed E-state index contributed by atoms with van der Waals surface area (Å²) >= 11 is 3.33. The van der Waals surface area contributed by atoms with E-state index < -0.39 is 0 Å². The van der Waals surface area contributed by atoms with Gasteiger partial charge < -0.3 is 10.6 Å². The first-order valence-corrected chi connectivity index (χ1v) is 7.52. The molecule has 1 aromatic rings. The molecule has 1 unspecified atom stereocenters. The van der Waals surface area contributed by atoms with Gasteiger partial charge in [0.05, 0.1) is 23.1 Å². The van der Waals surface area contributed by atoms with E-state index in [4.69, 9.17) is 5.73 Å². The quantitative estimate of drug-likeness (QED) is 0.886. The van der Waals surface area contributed by atoms with Crippen molar-refractivity contribution in [3.8, 4) is 0 Å². The molecule has 0 aromatic carbocycles. The average Bonchev–Trinajstić information content (AvgIpc) is 2.83. The van der Waals surface area contributed by atoms with Crippen LogP contribution in [0.15, 0.2) is 16.9 Å². The molecule has 7 heteroatoms. The summed E-state index contributed by atoms with van der Waals surface area (Å²) in [5.74, 6) is -0.366. The molecule has 1 aliphatic heterocycles. The highest BCUT2D eigenvalue weighted by Gasteiger charge is 2.28. The maximum atomic E-state index is 12.3. The number of piperidine rings is 1. The van der Waals surface area contributed by atoms with Gasteiger partial charge in [-0.15, -0.1) is 0 Å². The monoisotopic (exact) mass is 342 g/mol. The van der Waals surface area contributed by atoms with Gasteiger partial charge in [-0.2, -0.15) is 5.10 Å². The minimum atomic E-state index is -0.258. The number of hydrogen-bond acceptors (Lipinski definition) is 3. The first-order valence-electron chi connectivity index (χ1n) is 6.73. The first-order chi connectivity index (χ1) is 9.47. The Kier molecular flexibility index (Phi) is 4.80. The maximum Gasteiger partial charge on any atom is 0.227 e. The average molecular weight is 343 g/mol.